The van der Waals surface area contributed by atoms with Crippen LogP contribution >= 0.6 is 15.6 Å². The molecule has 0 aliphatic rings. The Labute approximate surface area is 556 Å². The second-order valence-corrected chi connectivity index (χ2v) is 29.6. The Morgan fingerprint density at radius 1 is 0.319 bits per heavy atom. The number of phosphoric acid groups is 2. The van der Waals surface area contributed by atoms with Crippen LogP contribution in [0.4, 0.5) is 0 Å². The minimum Gasteiger partial charge on any atom is -0.462 e. The van der Waals surface area contributed by atoms with Crippen molar-refractivity contribution >= 4 is 39.5 Å². The first kappa shape index (κ1) is 89.1. The van der Waals surface area contributed by atoms with Crippen LogP contribution in [-0.4, -0.2) is 96.7 Å². The van der Waals surface area contributed by atoms with Crippen LogP contribution in [0.2, 0.25) is 0 Å². The lowest BCUT2D eigenvalue weighted by molar-refractivity contribution is -0.161. The van der Waals surface area contributed by atoms with Gasteiger partial charge in [-0.2, -0.15) is 0 Å². The average Bonchev–Trinajstić information content (AvgIpc) is 3.69. The number of phosphoric ester groups is 2. The number of rotatable bonds is 71. The zero-order valence-corrected chi connectivity index (χ0v) is 60.9. The van der Waals surface area contributed by atoms with Crippen LogP contribution in [-0.2, 0) is 65.4 Å². The number of aliphatic hydroxyl groups is 1. The molecular formula is C72H140O17P2. The summed E-state index contributed by atoms with van der Waals surface area (Å²) >= 11 is 0. The van der Waals surface area contributed by atoms with Crippen molar-refractivity contribution in [3.8, 4) is 0 Å². The van der Waals surface area contributed by atoms with Crippen LogP contribution in [0.25, 0.3) is 0 Å². The van der Waals surface area contributed by atoms with Gasteiger partial charge in [0.25, 0.3) is 0 Å². The first-order valence-corrected chi connectivity index (χ1v) is 40.5. The number of esters is 4. The number of ether oxygens (including phenoxy) is 4. The Morgan fingerprint density at radius 3 is 0.835 bits per heavy atom. The summed E-state index contributed by atoms with van der Waals surface area (Å²) < 4.78 is 68.4. The van der Waals surface area contributed by atoms with Crippen LogP contribution in [0.3, 0.4) is 0 Å². The van der Waals surface area contributed by atoms with E-state index in [0.29, 0.717) is 25.7 Å². The summed E-state index contributed by atoms with van der Waals surface area (Å²) in [6.07, 6.45) is 49.7. The summed E-state index contributed by atoms with van der Waals surface area (Å²) in [6.45, 7) is 9.57. The van der Waals surface area contributed by atoms with Gasteiger partial charge in [0.1, 0.15) is 19.3 Å². The number of hydrogen-bond acceptors (Lipinski definition) is 15. The molecule has 0 aromatic heterocycles. The van der Waals surface area contributed by atoms with Gasteiger partial charge in [-0.3, -0.25) is 37.3 Å². The van der Waals surface area contributed by atoms with Crippen LogP contribution in [0, 0.1) is 11.8 Å². The predicted octanol–water partition coefficient (Wildman–Crippen LogP) is 20.8. The highest BCUT2D eigenvalue weighted by Crippen LogP contribution is 2.45. The molecular weight excluding hydrogens is 1200 g/mol. The lowest BCUT2D eigenvalue weighted by Crippen LogP contribution is -2.30. The van der Waals surface area contributed by atoms with E-state index in [1.54, 1.807) is 0 Å². The smallest absolute Gasteiger partial charge is 0.462 e. The molecule has 0 aliphatic carbocycles. The van der Waals surface area contributed by atoms with Gasteiger partial charge in [-0.1, -0.05) is 318 Å². The number of aliphatic hydroxyl groups excluding tert-OH is 1. The van der Waals surface area contributed by atoms with Gasteiger partial charge in [0.15, 0.2) is 12.2 Å². The van der Waals surface area contributed by atoms with E-state index in [2.05, 4.69) is 41.5 Å². The van der Waals surface area contributed by atoms with Crippen LogP contribution in [0.1, 0.15) is 369 Å². The van der Waals surface area contributed by atoms with Crippen molar-refractivity contribution in [2.45, 2.75) is 387 Å². The molecule has 3 unspecified atom stereocenters. The lowest BCUT2D eigenvalue weighted by atomic mass is 9.99. The monoisotopic (exact) mass is 1340 g/mol. The molecule has 0 saturated heterocycles. The maximum atomic E-state index is 13.0. The molecule has 91 heavy (non-hydrogen) atoms. The van der Waals surface area contributed by atoms with Crippen LogP contribution < -0.4 is 0 Å². The van der Waals surface area contributed by atoms with Gasteiger partial charge in [-0.05, 0) is 37.5 Å². The summed E-state index contributed by atoms with van der Waals surface area (Å²) in [5.74, 6) is -0.580. The predicted molar refractivity (Wildman–Crippen MR) is 368 cm³/mol. The van der Waals surface area contributed by atoms with E-state index in [1.165, 1.54) is 186 Å². The molecule has 0 saturated carbocycles. The van der Waals surface area contributed by atoms with Crippen LogP contribution in [0.15, 0.2) is 0 Å². The second kappa shape index (κ2) is 64.1. The molecule has 6 atom stereocenters. The Hall–Kier alpha value is -1.94. The van der Waals surface area contributed by atoms with Gasteiger partial charge in [-0.15, -0.1) is 0 Å². The number of unbranched alkanes of at least 4 members (excludes halogenated alkanes) is 40. The average molecular weight is 1340 g/mol. The van der Waals surface area contributed by atoms with Crippen molar-refractivity contribution in [2.24, 2.45) is 11.8 Å². The Kier molecular flexibility index (Phi) is 62.7. The second-order valence-electron chi connectivity index (χ2n) is 26.7. The van der Waals surface area contributed by atoms with E-state index in [-0.39, 0.29) is 25.7 Å². The normalized spacial score (nSPS) is 14.4. The number of carbonyl (C=O) groups excluding carboxylic acids is 4. The molecule has 17 nitrogen and oxygen atoms in total. The largest absolute Gasteiger partial charge is 0.472 e. The highest BCUT2D eigenvalue weighted by atomic mass is 31.2. The Balaban J connectivity index is 5.26. The SMILES string of the molecule is CCCCCCCCCCCCCCCCC(=O)OC[C@H](COP(=O)(O)OC[C@@H](O)COP(=O)(O)OC[C@@H](COC(=O)CCCCCCCCCCCCC)OC(=O)CCCCCCCCCCCC(C)C)OC(=O)CCCCCCCCCCCCC(C)CC. The minimum absolute atomic E-state index is 0.106. The first-order chi connectivity index (χ1) is 43.9. The molecule has 0 rings (SSSR count). The van der Waals surface area contributed by atoms with E-state index in [0.717, 1.165) is 102 Å². The molecule has 0 radical (unpaired) electrons. The van der Waals surface area contributed by atoms with Gasteiger partial charge in [0.2, 0.25) is 0 Å². The molecule has 0 bridgehead atoms. The highest BCUT2D eigenvalue weighted by Gasteiger charge is 2.30. The molecule has 0 aromatic rings. The third kappa shape index (κ3) is 65.1. The van der Waals surface area contributed by atoms with Gasteiger partial charge in [0, 0.05) is 25.7 Å². The van der Waals surface area contributed by atoms with E-state index in [4.69, 9.17) is 37.0 Å². The van der Waals surface area contributed by atoms with Crippen molar-refractivity contribution in [3.05, 3.63) is 0 Å². The third-order valence-electron chi connectivity index (χ3n) is 17.1. The van der Waals surface area contributed by atoms with Crippen molar-refractivity contribution in [1.82, 2.24) is 0 Å². The van der Waals surface area contributed by atoms with Gasteiger partial charge >= 0.3 is 39.5 Å². The molecule has 0 fully saturated rings. The molecule has 0 heterocycles. The number of carbonyl (C=O) groups is 4. The summed E-state index contributed by atoms with van der Waals surface area (Å²) in [4.78, 5) is 72.6. The minimum atomic E-state index is -4.95. The van der Waals surface area contributed by atoms with Crippen LogP contribution in [0.5, 0.6) is 0 Å². The standard InChI is InChI=1S/C72H140O17P2/c1-7-10-12-14-16-18-20-21-22-24-31-37-43-49-55-70(75)83-60-67(88-71(76)56-50-44-38-32-26-25-29-35-41-47-53-65(6)9-3)62-86-90(78,79)84-58-66(73)59-85-91(80,81)87-63-68(61-82-69(74)54-48-42-36-30-23-19-17-15-13-11-8-2)89-72(77)57-51-45-39-33-27-28-34-40-46-52-64(4)5/h64-68,73H,7-63H2,1-6H3,(H,78,79)(H,80,81)/t65?,66-,67-,68-/m1/s1. The first-order valence-electron chi connectivity index (χ1n) is 37.5. The summed E-state index contributed by atoms with van der Waals surface area (Å²) in [6, 6.07) is 0. The summed E-state index contributed by atoms with van der Waals surface area (Å²) in [7, 11) is -9.90. The van der Waals surface area contributed by atoms with E-state index in [1.807, 2.05) is 0 Å². The fourth-order valence-corrected chi connectivity index (χ4v) is 12.5. The highest BCUT2D eigenvalue weighted by molar-refractivity contribution is 7.47. The maximum Gasteiger partial charge on any atom is 0.472 e. The van der Waals surface area contributed by atoms with Gasteiger partial charge in [0.05, 0.1) is 26.4 Å². The molecule has 0 amide bonds. The summed E-state index contributed by atoms with van der Waals surface area (Å²) in [5.41, 5.74) is 0. The maximum absolute atomic E-state index is 13.0. The Morgan fingerprint density at radius 2 is 0.560 bits per heavy atom. The van der Waals surface area contributed by atoms with E-state index < -0.39 is 97.5 Å². The van der Waals surface area contributed by atoms with Crippen molar-refractivity contribution in [2.75, 3.05) is 39.6 Å². The third-order valence-corrected chi connectivity index (χ3v) is 19.0. The molecule has 540 valence electrons. The molecule has 0 aliphatic heterocycles. The van der Waals surface area contributed by atoms with Crippen molar-refractivity contribution < 1.29 is 80.2 Å². The van der Waals surface area contributed by atoms with Crippen molar-refractivity contribution in [3.63, 3.8) is 0 Å². The molecule has 3 N–H and O–H groups in total. The summed E-state index contributed by atoms with van der Waals surface area (Å²) in [5, 5.41) is 10.6. The van der Waals surface area contributed by atoms with E-state index in [9.17, 15) is 43.2 Å². The molecule has 0 spiro atoms. The molecule has 0 aromatic carbocycles. The molecule has 19 heteroatoms. The lowest BCUT2D eigenvalue weighted by Gasteiger charge is -2.21. The zero-order chi connectivity index (χ0) is 67.2. The topological polar surface area (TPSA) is 237 Å². The zero-order valence-electron chi connectivity index (χ0n) is 59.1. The fraction of sp³-hybridized carbons (Fsp3) is 0.944. The Bertz CT molecular complexity index is 1770. The van der Waals surface area contributed by atoms with Gasteiger partial charge < -0.3 is 33.8 Å². The fourth-order valence-electron chi connectivity index (χ4n) is 10.9. The van der Waals surface area contributed by atoms with Gasteiger partial charge in [-0.25, -0.2) is 9.13 Å². The van der Waals surface area contributed by atoms with E-state index >= 15 is 0 Å². The quantitative estimate of drug-likeness (QED) is 0.0222. The van der Waals surface area contributed by atoms with Crippen molar-refractivity contribution in [1.29, 1.82) is 0 Å². The number of hydrogen-bond donors (Lipinski definition) is 3.